The van der Waals surface area contributed by atoms with Crippen LogP contribution >= 0.6 is 27.3 Å². The van der Waals surface area contributed by atoms with Gasteiger partial charge in [0.15, 0.2) is 0 Å². The number of carbonyl (C=O) groups is 2. The van der Waals surface area contributed by atoms with Crippen molar-refractivity contribution in [3.8, 4) is 0 Å². The minimum absolute atomic E-state index is 0.180. The van der Waals surface area contributed by atoms with E-state index < -0.39 is 12.0 Å². The average Bonchev–Trinajstić information content (AvgIpc) is 2.87. The molecule has 1 atom stereocenters. The van der Waals surface area contributed by atoms with Gasteiger partial charge in [-0.1, -0.05) is 35.0 Å². The molecule has 23 heavy (non-hydrogen) atoms. The van der Waals surface area contributed by atoms with Gasteiger partial charge in [0, 0.05) is 4.47 Å². The predicted octanol–water partition coefficient (Wildman–Crippen LogP) is 3.72. The van der Waals surface area contributed by atoms with E-state index in [1.807, 2.05) is 25.1 Å². The molecule has 1 heterocycles. The Balaban J connectivity index is 2.24. The molecule has 0 aliphatic rings. The van der Waals surface area contributed by atoms with Crippen LogP contribution in [0.25, 0.3) is 0 Å². The standard InChI is InChI=1S/C16H17BrN2O3S/c1-3-13-18-9(2)15(23-13)16(22)19-12(8-14(20)21)10-5-4-6-11(17)7-10/h4-7,12H,3,8H2,1-2H3,(H,19,22)(H,20,21). The zero-order valence-corrected chi connectivity index (χ0v) is 15.2. The van der Waals surface area contributed by atoms with E-state index in [4.69, 9.17) is 5.11 Å². The highest BCUT2D eigenvalue weighted by atomic mass is 79.9. The molecule has 122 valence electrons. The zero-order valence-electron chi connectivity index (χ0n) is 12.8. The van der Waals surface area contributed by atoms with Gasteiger partial charge in [-0.3, -0.25) is 9.59 Å². The van der Waals surface area contributed by atoms with Crippen molar-refractivity contribution in [3.63, 3.8) is 0 Å². The van der Waals surface area contributed by atoms with E-state index in [0.29, 0.717) is 10.6 Å². The summed E-state index contributed by atoms with van der Waals surface area (Å²) in [5, 5.41) is 12.8. The summed E-state index contributed by atoms with van der Waals surface area (Å²) in [6.45, 7) is 3.77. The highest BCUT2D eigenvalue weighted by Gasteiger charge is 2.22. The van der Waals surface area contributed by atoms with E-state index in [9.17, 15) is 9.59 Å². The van der Waals surface area contributed by atoms with Gasteiger partial charge in [0.25, 0.3) is 5.91 Å². The molecule has 0 fully saturated rings. The molecule has 1 aromatic carbocycles. The number of hydrogen-bond donors (Lipinski definition) is 2. The largest absolute Gasteiger partial charge is 0.481 e. The lowest BCUT2D eigenvalue weighted by molar-refractivity contribution is -0.137. The number of carboxylic acid groups (broad SMARTS) is 1. The lowest BCUT2D eigenvalue weighted by atomic mass is 10.0. The molecule has 1 unspecified atom stereocenters. The first-order valence-electron chi connectivity index (χ1n) is 7.15. The fraction of sp³-hybridized carbons (Fsp3) is 0.312. The summed E-state index contributed by atoms with van der Waals surface area (Å²) in [6, 6.07) is 6.68. The Morgan fingerprint density at radius 1 is 1.43 bits per heavy atom. The van der Waals surface area contributed by atoms with Crippen LogP contribution in [0.5, 0.6) is 0 Å². The maximum absolute atomic E-state index is 12.5. The Morgan fingerprint density at radius 3 is 2.74 bits per heavy atom. The average molecular weight is 397 g/mol. The fourth-order valence-electron chi connectivity index (χ4n) is 2.19. The van der Waals surface area contributed by atoms with Gasteiger partial charge < -0.3 is 10.4 Å². The van der Waals surface area contributed by atoms with E-state index in [1.165, 1.54) is 11.3 Å². The number of carboxylic acids is 1. The summed E-state index contributed by atoms with van der Waals surface area (Å²) in [5.41, 5.74) is 1.42. The third-order valence-corrected chi connectivity index (χ3v) is 5.08. The normalized spacial score (nSPS) is 12.0. The molecular weight excluding hydrogens is 380 g/mol. The molecule has 0 saturated carbocycles. The number of halogens is 1. The van der Waals surface area contributed by atoms with Crippen molar-refractivity contribution in [1.29, 1.82) is 0 Å². The minimum atomic E-state index is -0.967. The maximum atomic E-state index is 12.5. The van der Waals surface area contributed by atoms with Crippen LogP contribution in [0.3, 0.4) is 0 Å². The van der Waals surface area contributed by atoms with Gasteiger partial charge in [0.1, 0.15) is 4.88 Å². The molecular formula is C16H17BrN2O3S. The van der Waals surface area contributed by atoms with Crippen LogP contribution in [-0.4, -0.2) is 22.0 Å². The van der Waals surface area contributed by atoms with Crippen LogP contribution < -0.4 is 5.32 Å². The number of nitrogens with zero attached hydrogens (tertiary/aromatic N) is 1. The van der Waals surface area contributed by atoms with Gasteiger partial charge in [-0.15, -0.1) is 11.3 Å². The van der Waals surface area contributed by atoms with E-state index in [-0.39, 0.29) is 12.3 Å². The highest BCUT2D eigenvalue weighted by Crippen LogP contribution is 2.24. The molecule has 0 radical (unpaired) electrons. The van der Waals surface area contributed by atoms with Crippen molar-refractivity contribution in [2.24, 2.45) is 0 Å². The lowest BCUT2D eigenvalue weighted by Crippen LogP contribution is -2.30. The Kier molecular flexibility index (Phi) is 5.90. The van der Waals surface area contributed by atoms with Crippen LogP contribution in [-0.2, 0) is 11.2 Å². The summed E-state index contributed by atoms with van der Waals surface area (Å²) in [4.78, 5) is 28.5. The number of aliphatic carboxylic acids is 1. The molecule has 0 spiro atoms. The van der Waals surface area contributed by atoms with Gasteiger partial charge in [-0.25, -0.2) is 4.98 Å². The molecule has 7 heteroatoms. The molecule has 2 aromatic rings. The van der Waals surface area contributed by atoms with E-state index in [1.54, 1.807) is 13.0 Å². The number of aryl methyl sites for hydroxylation is 2. The molecule has 5 nitrogen and oxygen atoms in total. The smallest absolute Gasteiger partial charge is 0.305 e. The van der Waals surface area contributed by atoms with Gasteiger partial charge in [-0.05, 0) is 31.0 Å². The van der Waals surface area contributed by atoms with Crippen LogP contribution in [0.15, 0.2) is 28.7 Å². The van der Waals surface area contributed by atoms with Crippen molar-refractivity contribution in [1.82, 2.24) is 10.3 Å². The Labute approximate surface area is 146 Å². The van der Waals surface area contributed by atoms with Crippen molar-refractivity contribution in [3.05, 3.63) is 49.9 Å². The quantitative estimate of drug-likeness (QED) is 0.779. The topological polar surface area (TPSA) is 79.3 Å². The molecule has 0 aliphatic carbocycles. The van der Waals surface area contributed by atoms with Gasteiger partial charge in [-0.2, -0.15) is 0 Å². The van der Waals surface area contributed by atoms with Gasteiger partial charge in [0.2, 0.25) is 0 Å². The number of nitrogens with one attached hydrogen (secondary N) is 1. The highest BCUT2D eigenvalue weighted by molar-refractivity contribution is 9.10. The molecule has 0 saturated heterocycles. The molecule has 0 aliphatic heterocycles. The first kappa shape index (κ1) is 17.6. The number of thiazole rings is 1. The first-order chi connectivity index (χ1) is 10.9. The molecule has 1 aromatic heterocycles. The fourth-order valence-corrected chi connectivity index (χ4v) is 3.51. The summed E-state index contributed by atoms with van der Waals surface area (Å²) < 4.78 is 0.835. The summed E-state index contributed by atoms with van der Waals surface area (Å²) in [6.07, 6.45) is 0.587. The third kappa shape index (κ3) is 4.62. The second-order valence-electron chi connectivity index (χ2n) is 5.05. The number of hydrogen-bond acceptors (Lipinski definition) is 4. The molecule has 1 amide bonds. The second kappa shape index (κ2) is 7.70. The monoisotopic (exact) mass is 396 g/mol. The summed E-state index contributed by atoms with van der Waals surface area (Å²) in [5.74, 6) is -1.25. The van der Waals surface area contributed by atoms with Crippen molar-refractivity contribution >= 4 is 39.1 Å². The zero-order chi connectivity index (χ0) is 17.0. The van der Waals surface area contributed by atoms with E-state index >= 15 is 0 Å². The number of carbonyl (C=O) groups excluding carboxylic acids is 1. The Morgan fingerprint density at radius 2 is 2.17 bits per heavy atom. The van der Waals surface area contributed by atoms with Crippen LogP contribution in [0.2, 0.25) is 0 Å². The maximum Gasteiger partial charge on any atom is 0.305 e. The Hall–Kier alpha value is -1.73. The first-order valence-corrected chi connectivity index (χ1v) is 8.76. The summed E-state index contributed by atoms with van der Waals surface area (Å²) >= 11 is 4.71. The van der Waals surface area contributed by atoms with Gasteiger partial charge in [0.05, 0.1) is 23.2 Å². The van der Waals surface area contributed by atoms with Crippen molar-refractivity contribution < 1.29 is 14.7 Å². The van der Waals surface area contributed by atoms with Crippen LogP contribution in [0.4, 0.5) is 0 Å². The third-order valence-electron chi connectivity index (χ3n) is 3.28. The predicted molar refractivity (Wildman–Crippen MR) is 92.8 cm³/mol. The van der Waals surface area contributed by atoms with Gasteiger partial charge >= 0.3 is 5.97 Å². The second-order valence-corrected chi connectivity index (χ2v) is 7.05. The molecule has 0 bridgehead atoms. The number of benzene rings is 1. The number of rotatable bonds is 6. The van der Waals surface area contributed by atoms with Crippen LogP contribution in [0, 0.1) is 6.92 Å². The summed E-state index contributed by atoms with van der Waals surface area (Å²) in [7, 11) is 0. The van der Waals surface area contributed by atoms with Crippen LogP contribution in [0.1, 0.15) is 45.3 Å². The number of amides is 1. The molecule has 2 rings (SSSR count). The van der Waals surface area contributed by atoms with Crippen molar-refractivity contribution in [2.45, 2.75) is 32.7 Å². The van der Waals surface area contributed by atoms with Crippen molar-refractivity contribution in [2.75, 3.05) is 0 Å². The minimum Gasteiger partial charge on any atom is -0.481 e. The SMILES string of the molecule is CCc1nc(C)c(C(=O)NC(CC(=O)O)c2cccc(Br)c2)s1. The number of aromatic nitrogens is 1. The van der Waals surface area contributed by atoms with E-state index in [2.05, 4.69) is 26.2 Å². The molecule has 2 N–H and O–H groups in total. The Bertz CT molecular complexity index is 730. The van der Waals surface area contributed by atoms with E-state index in [0.717, 1.165) is 21.5 Å². The lowest BCUT2D eigenvalue weighted by Gasteiger charge is -2.17.